The van der Waals surface area contributed by atoms with Crippen molar-refractivity contribution in [3.63, 3.8) is 0 Å². The van der Waals surface area contributed by atoms with E-state index in [0.717, 1.165) is 29.7 Å². The lowest BCUT2D eigenvalue weighted by atomic mass is 9.93. The Morgan fingerprint density at radius 2 is 1.81 bits per heavy atom. The van der Waals surface area contributed by atoms with Gasteiger partial charge in [-0.2, -0.15) is 0 Å². The van der Waals surface area contributed by atoms with Crippen molar-refractivity contribution in [1.82, 2.24) is 15.1 Å². The lowest BCUT2D eigenvalue weighted by molar-refractivity contribution is -0.138. The topological polar surface area (TPSA) is 81.8 Å². The van der Waals surface area contributed by atoms with E-state index in [1.807, 2.05) is 62.4 Å². The Labute approximate surface area is 188 Å². The zero-order valence-electron chi connectivity index (χ0n) is 18.6. The molecule has 32 heavy (non-hydrogen) atoms. The van der Waals surface area contributed by atoms with Gasteiger partial charge in [-0.3, -0.25) is 14.5 Å². The number of piperidine rings is 1. The summed E-state index contributed by atoms with van der Waals surface area (Å²) in [5, 5.41) is 6.18. The highest BCUT2D eigenvalue weighted by molar-refractivity contribution is 6.03. The van der Waals surface area contributed by atoms with Gasteiger partial charge in [0.25, 0.3) is 0 Å². The number of amides is 4. The Morgan fingerprint density at radius 3 is 2.53 bits per heavy atom. The quantitative estimate of drug-likeness (QED) is 0.733. The summed E-state index contributed by atoms with van der Waals surface area (Å²) < 4.78 is 0. The third-order valence-corrected chi connectivity index (χ3v) is 6.12. The standard InChI is InChI=1S/C25H30N4O3/c1-17-13-18(2)15-20(14-17)27-22(30)16-29-21-9-6-11-26-23(21)24(31)28(25(29)32)12-10-19-7-4-3-5-8-19/h3-5,7-8,13-15,21,23,26H,6,9-12,16H2,1-2H3,(H,27,30). The first-order valence-electron chi connectivity index (χ1n) is 11.2. The molecule has 4 rings (SSSR count). The zero-order chi connectivity index (χ0) is 22.7. The molecule has 2 unspecified atom stereocenters. The summed E-state index contributed by atoms with van der Waals surface area (Å²) in [6, 6.07) is 14.5. The van der Waals surface area contributed by atoms with E-state index in [1.54, 1.807) is 4.90 Å². The van der Waals surface area contributed by atoms with Crippen molar-refractivity contribution in [3.05, 3.63) is 65.2 Å². The number of carbonyl (C=O) groups excluding carboxylic acids is 3. The summed E-state index contributed by atoms with van der Waals surface area (Å²) in [4.78, 5) is 42.2. The Kier molecular flexibility index (Phi) is 6.55. The van der Waals surface area contributed by atoms with Gasteiger partial charge < -0.3 is 15.5 Å². The van der Waals surface area contributed by atoms with E-state index in [0.29, 0.717) is 25.1 Å². The molecule has 2 fully saturated rings. The molecule has 2 aliphatic rings. The molecule has 0 radical (unpaired) electrons. The number of nitrogens with one attached hydrogen (secondary N) is 2. The number of aryl methyl sites for hydroxylation is 2. The van der Waals surface area contributed by atoms with Crippen LogP contribution in [0.15, 0.2) is 48.5 Å². The van der Waals surface area contributed by atoms with Crippen LogP contribution in [0.1, 0.15) is 29.5 Å². The molecule has 4 amide bonds. The van der Waals surface area contributed by atoms with E-state index in [2.05, 4.69) is 10.6 Å². The van der Waals surface area contributed by atoms with E-state index in [4.69, 9.17) is 0 Å². The number of urea groups is 1. The van der Waals surface area contributed by atoms with Crippen LogP contribution in [0.5, 0.6) is 0 Å². The predicted molar refractivity (Wildman–Crippen MR) is 123 cm³/mol. The summed E-state index contributed by atoms with van der Waals surface area (Å²) in [6.07, 6.45) is 2.15. The van der Waals surface area contributed by atoms with Crippen molar-refractivity contribution < 1.29 is 14.4 Å². The minimum absolute atomic E-state index is 0.0796. The number of nitrogens with zero attached hydrogens (tertiary/aromatic N) is 2. The van der Waals surface area contributed by atoms with Gasteiger partial charge in [0.15, 0.2) is 0 Å². The lowest BCUT2D eigenvalue weighted by Crippen LogP contribution is -2.70. The maximum Gasteiger partial charge on any atom is 0.327 e. The van der Waals surface area contributed by atoms with Crippen molar-refractivity contribution in [2.75, 3.05) is 25.0 Å². The number of hydrogen-bond acceptors (Lipinski definition) is 4. The van der Waals surface area contributed by atoms with Gasteiger partial charge in [0, 0.05) is 12.2 Å². The normalized spacial score (nSPS) is 20.8. The van der Waals surface area contributed by atoms with Gasteiger partial charge in [-0.15, -0.1) is 0 Å². The fourth-order valence-corrected chi connectivity index (χ4v) is 4.70. The first-order chi connectivity index (χ1) is 15.4. The molecule has 0 aromatic heterocycles. The minimum Gasteiger partial charge on any atom is -0.325 e. The SMILES string of the molecule is Cc1cc(C)cc(NC(=O)CN2C(=O)N(CCc3ccccc3)C(=O)C3NCCCC32)c1. The molecule has 2 aromatic carbocycles. The first-order valence-corrected chi connectivity index (χ1v) is 11.2. The van der Waals surface area contributed by atoms with Crippen LogP contribution in [0.4, 0.5) is 10.5 Å². The van der Waals surface area contributed by atoms with Crippen LogP contribution < -0.4 is 10.6 Å². The highest BCUT2D eigenvalue weighted by Gasteiger charge is 2.47. The number of hydrogen-bond donors (Lipinski definition) is 2. The van der Waals surface area contributed by atoms with Crippen molar-refractivity contribution in [2.45, 2.75) is 45.2 Å². The molecule has 0 aliphatic carbocycles. The predicted octanol–water partition coefficient (Wildman–Crippen LogP) is 2.87. The largest absolute Gasteiger partial charge is 0.327 e. The van der Waals surface area contributed by atoms with Gasteiger partial charge in [0.2, 0.25) is 11.8 Å². The van der Waals surface area contributed by atoms with Crippen molar-refractivity contribution in [1.29, 1.82) is 0 Å². The molecular formula is C25H30N4O3. The third kappa shape index (κ3) is 4.83. The number of imide groups is 1. The van der Waals surface area contributed by atoms with E-state index in [1.165, 1.54) is 4.90 Å². The van der Waals surface area contributed by atoms with Gasteiger partial charge in [-0.05, 0) is 68.5 Å². The first kappa shape index (κ1) is 22.0. The fraction of sp³-hybridized carbons (Fsp3) is 0.400. The fourth-order valence-electron chi connectivity index (χ4n) is 4.70. The second-order valence-corrected chi connectivity index (χ2v) is 8.70. The molecule has 7 nitrogen and oxygen atoms in total. The number of fused-ring (bicyclic) bond motifs is 1. The second kappa shape index (κ2) is 9.53. The van der Waals surface area contributed by atoms with Crippen LogP contribution in [0.3, 0.4) is 0 Å². The van der Waals surface area contributed by atoms with E-state index in [-0.39, 0.29) is 30.4 Å². The third-order valence-electron chi connectivity index (χ3n) is 6.12. The van der Waals surface area contributed by atoms with Crippen LogP contribution in [0, 0.1) is 13.8 Å². The summed E-state index contributed by atoms with van der Waals surface area (Å²) in [5.41, 5.74) is 3.89. The Morgan fingerprint density at radius 1 is 1.09 bits per heavy atom. The molecule has 2 heterocycles. The second-order valence-electron chi connectivity index (χ2n) is 8.70. The number of rotatable bonds is 6. The molecular weight excluding hydrogens is 404 g/mol. The van der Waals surface area contributed by atoms with Crippen LogP contribution in [0.2, 0.25) is 0 Å². The highest BCUT2D eigenvalue weighted by Crippen LogP contribution is 2.25. The average Bonchev–Trinajstić information content (AvgIpc) is 2.76. The molecule has 2 aromatic rings. The van der Waals surface area contributed by atoms with Gasteiger partial charge in [-0.1, -0.05) is 36.4 Å². The lowest BCUT2D eigenvalue weighted by Gasteiger charge is -2.46. The summed E-state index contributed by atoms with van der Waals surface area (Å²) >= 11 is 0. The van der Waals surface area contributed by atoms with Crippen LogP contribution in [-0.2, 0) is 16.0 Å². The number of benzene rings is 2. The Hall–Kier alpha value is -3.19. The van der Waals surface area contributed by atoms with Gasteiger partial charge >= 0.3 is 6.03 Å². The molecule has 2 atom stereocenters. The van der Waals surface area contributed by atoms with Crippen molar-refractivity contribution >= 4 is 23.5 Å². The molecule has 0 saturated carbocycles. The highest BCUT2D eigenvalue weighted by atomic mass is 16.2. The van der Waals surface area contributed by atoms with Crippen LogP contribution in [-0.4, -0.2) is 59.4 Å². The maximum absolute atomic E-state index is 13.3. The van der Waals surface area contributed by atoms with Gasteiger partial charge in [0.1, 0.15) is 12.6 Å². The number of carbonyl (C=O) groups is 3. The Balaban J connectivity index is 1.50. The molecule has 2 saturated heterocycles. The van der Waals surface area contributed by atoms with Crippen LogP contribution in [0.25, 0.3) is 0 Å². The van der Waals surface area contributed by atoms with Gasteiger partial charge in [-0.25, -0.2) is 4.79 Å². The van der Waals surface area contributed by atoms with E-state index < -0.39 is 6.04 Å². The zero-order valence-corrected chi connectivity index (χ0v) is 18.6. The molecule has 0 bridgehead atoms. The molecule has 0 spiro atoms. The summed E-state index contributed by atoms with van der Waals surface area (Å²) in [5.74, 6) is -0.452. The minimum atomic E-state index is -0.466. The summed E-state index contributed by atoms with van der Waals surface area (Å²) in [6.45, 7) is 4.90. The van der Waals surface area contributed by atoms with Crippen molar-refractivity contribution in [2.24, 2.45) is 0 Å². The van der Waals surface area contributed by atoms with Crippen molar-refractivity contribution in [3.8, 4) is 0 Å². The maximum atomic E-state index is 13.3. The number of anilines is 1. The van der Waals surface area contributed by atoms with Gasteiger partial charge in [0.05, 0.1) is 6.04 Å². The molecule has 168 valence electrons. The monoisotopic (exact) mass is 434 g/mol. The van der Waals surface area contributed by atoms with E-state index in [9.17, 15) is 14.4 Å². The average molecular weight is 435 g/mol. The molecule has 2 aliphatic heterocycles. The molecule has 7 heteroatoms. The smallest absolute Gasteiger partial charge is 0.325 e. The van der Waals surface area contributed by atoms with E-state index >= 15 is 0 Å². The molecule has 2 N–H and O–H groups in total. The van der Waals surface area contributed by atoms with Crippen LogP contribution >= 0.6 is 0 Å². The summed E-state index contributed by atoms with van der Waals surface area (Å²) in [7, 11) is 0. The Bertz CT molecular complexity index is 987.